The number of imidazole rings is 1. The Kier molecular flexibility index (Phi) is 6.22. The van der Waals surface area contributed by atoms with Crippen LogP contribution in [0.25, 0.3) is 11.0 Å². The highest BCUT2D eigenvalue weighted by Crippen LogP contribution is 2.31. The zero-order valence-corrected chi connectivity index (χ0v) is 18.9. The normalized spacial score (nSPS) is 15.0. The first-order chi connectivity index (χ1) is 15.8. The zero-order chi connectivity index (χ0) is 21.8. The van der Waals surface area contributed by atoms with Gasteiger partial charge < -0.3 is 9.47 Å². The highest BCUT2D eigenvalue weighted by Gasteiger charge is 2.21. The van der Waals surface area contributed by atoms with Gasteiger partial charge in [0.05, 0.1) is 23.4 Å². The minimum atomic E-state index is 0.101. The maximum atomic E-state index is 4.76. The highest BCUT2D eigenvalue weighted by atomic mass is 15.3. The van der Waals surface area contributed by atoms with Crippen molar-refractivity contribution in [1.82, 2.24) is 14.5 Å². The smallest absolute Gasteiger partial charge is 0.0966 e. The van der Waals surface area contributed by atoms with E-state index in [9.17, 15) is 0 Å². The molecule has 1 aromatic heterocycles. The number of hydrogen-bond donors (Lipinski definition) is 0. The van der Waals surface area contributed by atoms with Crippen molar-refractivity contribution in [2.24, 2.45) is 0 Å². The van der Waals surface area contributed by atoms with E-state index in [1.807, 2.05) is 6.33 Å². The monoisotopic (exact) mass is 424 g/mol. The second-order valence-corrected chi connectivity index (χ2v) is 8.73. The summed E-state index contributed by atoms with van der Waals surface area (Å²) >= 11 is 0. The SMILES string of the molecule is CCCCN1CCN(c2ccc3ncn(C(c4ccccc4)c4ccccc4)c3c2)CC1. The highest BCUT2D eigenvalue weighted by molar-refractivity contribution is 5.80. The van der Waals surface area contributed by atoms with E-state index in [0.29, 0.717) is 0 Å². The van der Waals surface area contributed by atoms with Crippen LogP contribution in [0, 0.1) is 0 Å². The van der Waals surface area contributed by atoms with Gasteiger partial charge in [-0.15, -0.1) is 0 Å². The van der Waals surface area contributed by atoms with Crippen LogP contribution in [0.1, 0.15) is 36.9 Å². The van der Waals surface area contributed by atoms with Crippen molar-refractivity contribution in [2.75, 3.05) is 37.6 Å². The summed E-state index contributed by atoms with van der Waals surface area (Å²) < 4.78 is 2.33. The zero-order valence-electron chi connectivity index (χ0n) is 18.9. The number of hydrogen-bond acceptors (Lipinski definition) is 3. The first-order valence-electron chi connectivity index (χ1n) is 11.9. The summed E-state index contributed by atoms with van der Waals surface area (Å²) in [5.41, 5.74) is 6.08. The standard InChI is InChI=1S/C28H32N4/c1-2-3-16-30-17-19-31(20-18-30)25-14-15-26-27(21-25)32(22-29-26)28(23-10-6-4-7-11-23)24-12-8-5-9-13-24/h4-15,21-22,28H,2-3,16-20H2,1H3. The van der Waals surface area contributed by atoms with Gasteiger partial charge in [-0.2, -0.15) is 0 Å². The molecule has 4 heteroatoms. The molecule has 2 heterocycles. The molecule has 0 aliphatic carbocycles. The molecular formula is C28H32N4. The lowest BCUT2D eigenvalue weighted by Gasteiger charge is -2.36. The quantitative estimate of drug-likeness (QED) is 0.386. The van der Waals surface area contributed by atoms with Crippen LogP contribution in [0.5, 0.6) is 0 Å². The molecule has 0 saturated carbocycles. The molecule has 0 bridgehead atoms. The molecule has 0 spiro atoms. The van der Waals surface area contributed by atoms with Crippen LogP contribution in [0.15, 0.2) is 85.2 Å². The molecule has 0 radical (unpaired) electrons. The molecule has 1 fully saturated rings. The van der Waals surface area contributed by atoms with Crippen molar-refractivity contribution in [3.63, 3.8) is 0 Å². The second kappa shape index (κ2) is 9.58. The number of nitrogens with zero attached hydrogens (tertiary/aromatic N) is 4. The first-order valence-corrected chi connectivity index (χ1v) is 11.9. The number of benzene rings is 3. The summed E-state index contributed by atoms with van der Waals surface area (Å²) in [6.45, 7) is 7.97. The number of aromatic nitrogens is 2. The Balaban J connectivity index is 1.48. The third-order valence-corrected chi connectivity index (χ3v) is 6.63. The van der Waals surface area contributed by atoms with E-state index < -0.39 is 0 Å². The number of unbranched alkanes of at least 4 members (excludes halogenated alkanes) is 1. The molecule has 4 nitrogen and oxygen atoms in total. The minimum Gasteiger partial charge on any atom is -0.369 e. The molecule has 3 aromatic carbocycles. The van der Waals surface area contributed by atoms with E-state index in [1.165, 1.54) is 41.7 Å². The summed E-state index contributed by atoms with van der Waals surface area (Å²) in [5, 5.41) is 0. The predicted octanol–water partition coefficient (Wildman–Crippen LogP) is 5.60. The summed E-state index contributed by atoms with van der Waals surface area (Å²) in [5.74, 6) is 0. The summed E-state index contributed by atoms with van der Waals surface area (Å²) in [6, 6.07) is 28.3. The molecule has 5 rings (SSSR count). The van der Waals surface area contributed by atoms with Gasteiger partial charge in [0.15, 0.2) is 0 Å². The second-order valence-electron chi connectivity index (χ2n) is 8.73. The average Bonchev–Trinajstić information content (AvgIpc) is 3.27. The van der Waals surface area contributed by atoms with Crippen molar-refractivity contribution in [3.8, 4) is 0 Å². The average molecular weight is 425 g/mol. The number of piperazine rings is 1. The summed E-state index contributed by atoms with van der Waals surface area (Å²) in [6.07, 6.45) is 4.57. The first kappa shape index (κ1) is 20.8. The molecule has 1 aliphatic heterocycles. The Bertz CT molecular complexity index is 1090. The van der Waals surface area contributed by atoms with Gasteiger partial charge in [0.25, 0.3) is 0 Å². The van der Waals surface area contributed by atoms with Crippen LogP contribution in [0.2, 0.25) is 0 Å². The third kappa shape index (κ3) is 4.28. The van der Waals surface area contributed by atoms with E-state index in [4.69, 9.17) is 4.98 Å². The Morgan fingerprint density at radius 3 is 2.09 bits per heavy atom. The van der Waals surface area contributed by atoms with Gasteiger partial charge >= 0.3 is 0 Å². The molecule has 4 aromatic rings. The van der Waals surface area contributed by atoms with E-state index in [-0.39, 0.29) is 6.04 Å². The maximum Gasteiger partial charge on any atom is 0.0966 e. The van der Waals surface area contributed by atoms with Crippen LogP contribution >= 0.6 is 0 Å². The molecule has 0 N–H and O–H groups in total. The van der Waals surface area contributed by atoms with Crippen LogP contribution < -0.4 is 4.90 Å². The Hall–Kier alpha value is -3.11. The predicted molar refractivity (Wildman–Crippen MR) is 133 cm³/mol. The van der Waals surface area contributed by atoms with Crippen molar-refractivity contribution in [3.05, 3.63) is 96.3 Å². The molecule has 164 valence electrons. The lowest BCUT2D eigenvalue weighted by molar-refractivity contribution is 0.254. The maximum absolute atomic E-state index is 4.76. The van der Waals surface area contributed by atoms with Crippen molar-refractivity contribution >= 4 is 16.7 Å². The van der Waals surface area contributed by atoms with Gasteiger partial charge in [-0.25, -0.2) is 4.98 Å². The Morgan fingerprint density at radius 2 is 1.47 bits per heavy atom. The Morgan fingerprint density at radius 1 is 0.812 bits per heavy atom. The molecule has 1 saturated heterocycles. The van der Waals surface area contributed by atoms with E-state index in [1.54, 1.807) is 0 Å². The fourth-order valence-electron chi connectivity index (χ4n) is 4.81. The molecule has 0 unspecified atom stereocenters. The summed E-state index contributed by atoms with van der Waals surface area (Å²) in [4.78, 5) is 9.89. The van der Waals surface area contributed by atoms with Crippen molar-refractivity contribution < 1.29 is 0 Å². The fourth-order valence-corrected chi connectivity index (χ4v) is 4.81. The molecular weight excluding hydrogens is 392 g/mol. The number of anilines is 1. The minimum absolute atomic E-state index is 0.101. The largest absolute Gasteiger partial charge is 0.369 e. The van der Waals surface area contributed by atoms with Crippen LogP contribution in [0.3, 0.4) is 0 Å². The van der Waals surface area contributed by atoms with E-state index >= 15 is 0 Å². The van der Waals surface area contributed by atoms with Crippen LogP contribution in [0.4, 0.5) is 5.69 Å². The van der Waals surface area contributed by atoms with E-state index in [0.717, 1.165) is 31.7 Å². The topological polar surface area (TPSA) is 24.3 Å². The van der Waals surface area contributed by atoms with Gasteiger partial charge in [-0.3, -0.25) is 4.90 Å². The number of fused-ring (bicyclic) bond motifs is 1. The fraction of sp³-hybridized carbons (Fsp3) is 0.321. The van der Waals surface area contributed by atoms with Crippen LogP contribution in [-0.4, -0.2) is 47.2 Å². The van der Waals surface area contributed by atoms with E-state index in [2.05, 4.69) is 100 Å². The van der Waals surface area contributed by atoms with Gasteiger partial charge in [0, 0.05) is 31.9 Å². The Labute approximate surface area is 191 Å². The lowest BCUT2D eigenvalue weighted by atomic mass is 9.98. The third-order valence-electron chi connectivity index (χ3n) is 6.63. The van der Waals surface area contributed by atoms with Gasteiger partial charge in [-0.05, 0) is 42.3 Å². The summed E-state index contributed by atoms with van der Waals surface area (Å²) in [7, 11) is 0. The molecule has 0 amide bonds. The van der Waals surface area contributed by atoms with Gasteiger partial charge in [0.1, 0.15) is 0 Å². The van der Waals surface area contributed by atoms with Gasteiger partial charge in [-0.1, -0.05) is 74.0 Å². The lowest BCUT2D eigenvalue weighted by Crippen LogP contribution is -2.46. The molecule has 32 heavy (non-hydrogen) atoms. The van der Waals surface area contributed by atoms with Crippen LogP contribution in [-0.2, 0) is 0 Å². The van der Waals surface area contributed by atoms with Crippen molar-refractivity contribution in [2.45, 2.75) is 25.8 Å². The molecule has 1 aliphatic rings. The molecule has 0 atom stereocenters. The van der Waals surface area contributed by atoms with Crippen molar-refractivity contribution in [1.29, 1.82) is 0 Å². The van der Waals surface area contributed by atoms with Gasteiger partial charge in [0.2, 0.25) is 0 Å². The number of rotatable bonds is 7.